The van der Waals surface area contributed by atoms with Gasteiger partial charge in [0.2, 0.25) is 5.95 Å². The van der Waals surface area contributed by atoms with E-state index in [0.717, 1.165) is 18.8 Å². The Morgan fingerprint density at radius 1 is 1.39 bits per heavy atom. The summed E-state index contributed by atoms with van der Waals surface area (Å²) in [6, 6.07) is 2.60. The molecule has 0 aliphatic carbocycles. The van der Waals surface area contributed by atoms with Crippen molar-refractivity contribution in [2.75, 3.05) is 18.9 Å². The van der Waals surface area contributed by atoms with Crippen molar-refractivity contribution in [2.24, 2.45) is 0 Å². The molecule has 1 unspecified atom stereocenters. The Hall–Kier alpha value is -1.16. The summed E-state index contributed by atoms with van der Waals surface area (Å²) < 4.78 is 0. The van der Waals surface area contributed by atoms with Gasteiger partial charge in [0.25, 0.3) is 0 Å². The topological polar surface area (TPSA) is 41.1 Å². The lowest BCUT2D eigenvalue weighted by molar-refractivity contribution is 0.190. The van der Waals surface area contributed by atoms with Gasteiger partial charge in [-0.15, -0.1) is 0 Å². The van der Waals surface area contributed by atoms with E-state index in [-0.39, 0.29) is 0 Å². The van der Waals surface area contributed by atoms with Crippen LogP contribution in [0.2, 0.25) is 0 Å². The average molecular weight is 250 g/mol. The molecule has 0 spiro atoms. The monoisotopic (exact) mass is 250 g/mol. The highest BCUT2D eigenvalue weighted by Crippen LogP contribution is 2.11. The summed E-state index contributed by atoms with van der Waals surface area (Å²) in [4.78, 5) is 11.1. The summed E-state index contributed by atoms with van der Waals surface area (Å²) >= 11 is 0. The lowest BCUT2D eigenvalue weighted by Gasteiger charge is -2.28. The number of aromatic nitrogens is 2. The largest absolute Gasteiger partial charge is 0.357 e. The third kappa shape index (κ3) is 4.61. The Balaban J connectivity index is 2.68. The Bertz CT molecular complexity index is 340. The zero-order valence-corrected chi connectivity index (χ0v) is 12.1. The van der Waals surface area contributed by atoms with Gasteiger partial charge >= 0.3 is 0 Å². The summed E-state index contributed by atoms with van der Waals surface area (Å²) in [5.74, 6) is 0.701. The fourth-order valence-electron chi connectivity index (χ4n) is 1.89. The van der Waals surface area contributed by atoms with E-state index < -0.39 is 0 Å². The maximum atomic E-state index is 4.49. The van der Waals surface area contributed by atoms with Gasteiger partial charge in [0, 0.05) is 25.8 Å². The maximum Gasteiger partial charge on any atom is 0.222 e. The van der Waals surface area contributed by atoms with Crippen molar-refractivity contribution >= 4 is 5.95 Å². The Labute approximate surface area is 111 Å². The van der Waals surface area contributed by atoms with Crippen molar-refractivity contribution in [3.63, 3.8) is 0 Å². The minimum absolute atomic E-state index is 0.601. The molecule has 4 nitrogen and oxygen atoms in total. The van der Waals surface area contributed by atoms with Crippen LogP contribution in [-0.4, -0.2) is 34.5 Å². The molecule has 0 aliphatic heterocycles. The van der Waals surface area contributed by atoms with E-state index >= 15 is 0 Å². The molecule has 1 rings (SSSR count). The zero-order valence-electron chi connectivity index (χ0n) is 12.1. The molecule has 102 valence electrons. The summed E-state index contributed by atoms with van der Waals surface area (Å²) in [5.41, 5.74) is 1.09. The second-order valence-electron chi connectivity index (χ2n) is 4.70. The second kappa shape index (κ2) is 8.03. The van der Waals surface area contributed by atoms with Crippen LogP contribution >= 0.6 is 0 Å². The van der Waals surface area contributed by atoms with Gasteiger partial charge < -0.3 is 5.32 Å². The van der Waals surface area contributed by atoms with Gasteiger partial charge in [-0.05, 0) is 32.4 Å². The molecule has 0 amide bonds. The number of unbranched alkanes of at least 4 members (excludes halogenated alkanes) is 1. The lowest BCUT2D eigenvalue weighted by atomic mass is 10.2. The molecule has 4 heteroatoms. The van der Waals surface area contributed by atoms with Crippen LogP contribution in [0.4, 0.5) is 5.95 Å². The maximum absolute atomic E-state index is 4.49. The highest BCUT2D eigenvalue weighted by Gasteiger charge is 2.13. The number of nitrogens with one attached hydrogen (secondary N) is 1. The minimum Gasteiger partial charge on any atom is -0.357 e. The van der Waals surface area contributed by atoms with E-state index in [1.54, 1.807) is 0 Å². The molecule has 1 N–H and O–H groups in total. The third-order valence-electron chi connectivity index (χ3n) is 3.31. The van der Waals surface area contributed by atoms with Crippen LogP contribution < -0.4 is 5.32 Å². The summed E-state index contributed by atoms with van der Waals surface area (Å²) in [5, 5.41) is 2.99. The molecule has 0 fully saturated rings. The number of hydrogen-bond acceptors (Lipinski definition) is 4. The number of hydrogen-bond donors (Lipinski definition) is 1. The molecular weight excluding hydrogens is 224 g/mol. The predicted molar refractivity (Wildman–Crippen MR) is 76.6 cm³/mol. The lowest BCUT2D eigenvalue weighted by Crippen LogP contribution is -2.33. The van der Waals surface area contributed by atoms with E-state index in [1.165, 1.54) is 19.3 Å². The zero-order chi connectivity index (χ0) is 13.4. The average Bonchev–Trinajstić information content (AvgIpc) is 2.42. The van der Waals surface area contributed by atoms with Crippen molar-refractivity contribution in [1.82, 2.24) is 14.9 Å². The van der Waals surface area contributed by atoms with E-state index in [1.807, 2.05) is 19.3 Å². The SMILES string of the molecule is CCCCN(Cc1ccnc(NC)n1)C(C)CC. The normalized spacial score (nSPS) is 12.7. The van der Waals surface area contributed by atoms with E-state index in [9.17, 15) is 0 Å². The van der Waals surface area contributed by atoms with Gasteiger partial charge in [-0.1, -0.05) is 20.3 Å². The smallest absolute Gasteiger partial charge is 0.222 e. The molecule has 0 radical (unpaired) electrons. The molecule has 0 aliphatic rings. The third-order valence-corrected chi connectivity index (χ3v) is 3.31. The first-order valence-electron chi connectivity index (χ1n) is 6.95. The van der Waals surface area contributed by atoms with Gasteiger partial charge in [0.05, 0.1) is 5.69 Å². The molecule has 18 heavy (non-hydrogen) atoms. The predicted octanol–water partition coefficient (Wildman–Crippen LogP) is 2.92. The van der Waals surface area contributed by atoms with Crippen molar-refractivity contribution in [3.8, 4) is 0 Å². The van der Waals surface area contributed by atoms with Gasteiger partial charge in [0.15, 0.2) is 0 Å². The van der Waals surface area contributed by atoms with E-state index in [2.05, 4.69) is 41.0 Å². The van der Waals surface area contributed by atoms with Gasteiger partial charge in [-0.25, -0.2) is 9.97 Å². The second-order valence-corrected chi connectivity index (χ2v) is 4.70. The number of rotatable bonds is 8. The van der Waals surface area contributed by atoms with Crippen LogP contribution in [0.5, 0.6) is 0 Å². The molecule has 0 saturated heterocycles. The first-order valence-corrected chi connectivity index (χ1v) is 6.95. The first kappa shape index (κ1) is 14.9. The summed E-state index contributed by atoms with van der Waals surface area (Å²) in [6.45, 7) is 8.81. The molecule has 1 aromatic rings. The van der Waals surface area contributed by atoms with Crippen LogP contribution in [0.25, 0.3) is 0 Å². The standard InChI is InChI=1S/C14H26N4/c1-5-7-10-18(12(3)6-2)11-13-8-9-16-14(15-4)17-13/h8-9,12H,5-7,10-11H2,1-4H3,(H,15,16,17). The minimum atomic E-state index is 0.601. The van der Waals surface area contributed by atoms with E-state index in [4.69, 9.17) is 0 Å². The first-order chi connectivity index (χ1) is 8.71. The quantitative estimate of drug-likeness (QED) is 0.770. The van der Waals surface area contributed by atoms with Crippen LogP contribution in [0.1, 0.15) is 45.7 Å². The van der Waals surface area contributed by atoms with Crippen LogP contribution in [0.15, 0.2) is 12.3 Å². The van der Waals surface area contributed by atoms with Crippen LogP contribution in [-0.2, 0) is 6.54 Å². The fraction of sp³-hybridized carbons (Fsp3) is 0.714. The number of nitrogens with zero attached hydrogens (tertiary/aromatic N) is 3. The highest BCUT2D eigenvalue weighted by atomic mass is 15.2. The van der Waals surface area contributed by atoms with Gasteiger partial charge in [0.1, 0.15) is 0 Å². The van der Waals surface area contributed by atoms with E-state index in [0.29, 0.717) is 12.0 Å². The summed E-state index contributed by atoms with van der Waals surface area (Å²) in [6.07, 6.45) is 5.48. The van der Waals surface area contributed by atoms with Crippen LogP contribution in [0, 0.1) is 0 Å². The molecule has 0 saturated carbocycles. The molecule has 0 aromatic carbocycles. The van der Waals surface area contributed by atoms with Crippen molar-refractivity contribution in [3.05, 3.63) is 18.0 Å². The van der Waals surface area contributed by atoms with Crippen LogP contribution in [0.3, 0.4) is 0 Å². The molecule has 1 aromatic heterocycles. The highest BCUT2D eigenvalue weighted by molar-refractivity contribution is 5.23. The van der Waals surface area contributed by atoms with Gasteiger partial charge in [-0.3, -0.25) is 4.90 Å². The van der Waals surface area contributed by atoms with Gasteiger partial charge in [-0.2, -0.15) is 0 Å². The summed E-state index contributed by atoms with van der Waals surface area (Å²) in [7, 11) is 1.85. The number of anilines is 1. The molecular formula is C14H26N4. The Morgan fingerprint density at radius 3 is 2.78 bits per heavy atom. The van der Waals surface area contributed by atoms with Crippen molar-refractivity contribution in [1.29, 1.82) is 0 Å². The Kier molecular flexibility index (Phi) is 6.65. The van der Waals surface area contributed by atoms with Crippen molar-refractivity contribution < 1.29 is 0 Å². The Morgan fingerprint density at radius 2 is 2.17 bits per heavy atom. The van der Waals surface area contributed by atoms with Crippen molar-refractivity contribution in [2.45, 2.75) is 52.6 Å². The fourth-order valence-corrected chi connectivity index (χ4v) is 1.89. The molecule has 1 heterocycles. The molecule has 0 bridgehead atoms. The molecule has 1 atom stereocenters.